The van der Waals surface area contributed by atoms with Crippen LogP contribution in [0.25, 0.3) is 0 Å². The first-order valence-corrected chi connectivity index (χ1v) is 10.6. The van der Waals surface area contributed by atoms with E-state index in [0.29, 0.717) is 11.1 Å². The van der Waals surface area contributed by atoms with Crippen LogP contribution in [0.4, 0.5) is 0 Å². The van der Waals surface area contributed by atoms with E-state index in [1.54, 1.807) is 0 Å². The number of esters is 1. The monoisotopic (exact) mass is 484 g/mol. The van der Waals surface area contributed by atoms with Crippen LogP contribution in [0.3, 0.4) is 0 Å². The predicted octanol–water partition coefficient (Wildman–Crippen LogP) is 2.65. The maximum absolute atomic E-state index is 12.3. The fourth-order valence-electron chi connectivity index (χ4n) is 4.28. The normalized spacial score (nSPS) is 17.8. The van der Waals surface area contributed by atoms with E-state index in [0.717, 1.165) is 6.07 Å². The van der Waals surface area contributed by atoms with Gasteiger partial charge in [-0.05, 0) is 35.4 Å². The quantitative estimate of drug-likeness (QED) is 0.210. The van der Waals surface area contributed by atoms with E-state index in [4.69, 9.17) is 9.47 Å². The molecular weight excluding hydrogens is 460 g/mol. The largest absolute Gasteiger partial charge is 0.507 e. The minimum absolute atomic E-state index is 0.00633. The number of benzene rings is 3. The average Bonchev–Trinajstić information content (AvgIpc) is 2.82. The number of fused-ring (bicyclic) bond motifs is 1. The highest BCUT2D eigenvalue weighted by molar-refractivity contribution is 5.73. The van der Waals surface area contributed by atoms with Gasteiger partial charge in [-0.3, -0.25) is 4.79 Å². The van der Waals surface area contributed by atoms with Gasteiger partial charge < -0.3 is 45.2 Å². The number of aliphatic hydroxyl groups is 1. The zero-order chi connectivity index (χ0) is 25.4. The zero-order valence-corrected chi connectivity index (χ0v) is 18.5. The molecule has 3 aromatic carbocycles. The Labute approximate surface area is 199 Å². The van der Waals surface area contributed by atoms with Crippen molar-refractivity contribution in [2.75, 3.05) is 7.11 Å². The molecule has 0 amide bonds. The Kier molecular flexibility index (Phi) is 6.23. The number of hydrogen-bond acceptors (Lipinski definition) is 10. The minimum atomic E-state index is -1.16. The molecule has 0 saturated carbocycles. The third-order valence-corrected chi connectivity index (χ3v) is 6.06. The second-order valence-corrected chi connectivity index (χ2v) is 8.28. The molecule has 0 aliphatic carbocycles. The molecule has 0 saturated heterocycles. The number of ether oxygens (including phenoxy) is 2. The maximum atomic E-state index is 12.3. The number of carbonyl (C=O) groups excluding carboxylic acids is 1. The molecule has 0 unspecified atom stereocenters. The highest BCUT2D eigenvalue weighted by Gasteiger charge is 2.37. The van der Waals surface area contributed by atoms with Gasteiger partial charge in [0.15, 0.2) is 23.0 Å². The van der Waals surface area contributed by atoms with Crippen LogP contribution in [0, 0.1) is 0 Å². The van der Waals surface area contributed by atoms with Crippen LogP contribution in [-0.2, 0) is 16.0 Å². The topological polar surface area (TPSA) is 177 Å². The number of methoxy groups -OCH3 is 1. The number of aromatic hydroxyl groups is 6. The number of aliphatic hydroxyl groups excluding tert-OH is 1. The first-order valence-electron chi connectivity index (χ1n) is 10.6. The van der Waals surface area contributed by atoms with Crippen molar-refractivity contribution in [1.29, 1.82) is 0 Å². The molecule has 4 rings (SSSR count). The van der Waals surface area contributed by atoms with E-state index in [1.807, 2.05) is 0 Å². The third-order valence-electron chi connectivity index (χ3n) is 6.06. The molecule has 10 heteroatoms. The van der Waals surface area contributed by atoms with Crippen LogP contribution in [0.2, 0.25) is 0 Å². The lowest BCUT2D eigenvalue weighted by Gasteiger charge is -2.34. The van der Waals surface area contributed by atoms with Crippen molar-refractivity contribution in [3.8, 4) is 40.2 Å². The molecule has 1 aliphatic heterocycles. The Bertz CT molecular complexity index is 1290. The average molecular weight is 484 g/mol. The zero-order valence-electron chi connectivity index (χ0n) is 18.5. The number of carbonyl (C=O) groups is 1. The van der Waals surface area contributed by atoms with Crippen molar-refractivity contribution >= 4 is 5.97 Å². The van der Waals surface area contributed by atoms with E-state index in [1.165, 1.54) is 43.5 Å². The van der Waals surface area contributed by atoms with Crippen LogP contribution in [0.15, 0.2) is 42.5 Å². The predicted molar refractivity (Wildman–Crippen MR) is 121 cm³/mol. The van der Waals surface area contributed by atoms with Gasteiger partial charge in [-0.15, -0.1) is 0 Å². The fraction of sp³-hybridized carbons (Fsp3) is 0.240. The number of rotatable bonds is 5. The van der Waals surface area contributed by atoms with E-state index < -0.39 is 41.3 Å². The van der Waals surface area contributed by atoms with Crippen LogP contribution < -0.4 is 4.74 Å². The lowest BCUT2D eigenvalue weighted by Crippen LogP contribution is -2.31. The second-order valence-electron chi connectivity index (χ2n) is 8.28. The molecule has 0 aromatic heterocycles. The number of phenols is 6. The van der Waals surface area contributed by atoms with Crippen LogP contribution in [0.1, 0.15) is 40.7 Å². The molecule has 10 nitrogen and oxygen atoms in total. The van der Waals surface area contributed by atoms with Crippen LogP contribution in [-0.4, -0.2) is 54.9 Å². The summed E-state index contributed by atoms with van der Waals surface area (Å²) >= 11 is 0. The Morgan fingerprint density at radius 2 is 1.57 bits per heavy atom. The van der Waals surface area contributed by atoms with Gasteiger partial charge >= 0.3 is 5.97 Å². The van der Waals surface area contributed by atoms with Crippen molar-refractivity contribution in [3.05, 3.63) is 64.7 Å². The van der Waals surface area contributed by atoms with Gasteiger partial charge in [-0.2, -0.15) is 0 Å². The summed E-state index contributed by atoms with van der Waals surface area (Å²) in [6.45, 7) is 0. The standard InChI is InChI=1S/C25H24O10/c1-34-22(33)9-13(11-2-4-15(26)18(29)6-11)23-20(31)10-17(28)14-8-21(32)24(35-25(14)23)12-3-5-16(27)19(30)7-12/h2-7,10,13,21,24,26-32H,8-9H2,1H3/t13-,21+,24+/m0/s1. The molecule has 0 radical (unpaired) electrons. The van der Waals surface area contributed by atoms with Gasteiger partial charge in [-0.1, -0.05) is 12.1 Å². The second kappa shape index (κ2) is 9.15. The summed E-state index contributed by atoms with van der Waals surface area (Å²) in [6.07, 6.45) is -2.60. The van der Waals surface area contributed by atoms with Gasteiger partial charge in [0.2, 0.25) is 0 Å². The molecule has 3 aromatic rings. The van der Waals surface area contributed by atoms with E-state index >= 15 is 0 Å². The molecule has 0 spiro atoms. The lowest BCUT2D eigenvalue weighted by molar-refractivity contribution is -0.140. The lowest BCUT2D eigenvalue weighted by atomic mass is 9.83. The van der Waals surface area contributed by atoms with Gasteiger partial charge in [-0.25, -0.2) is 0 Å². The van der Waals surface area contributed by atoms with E-state index in [-0.39, 0.29) is 47.0 Å². The third kappa shape index (κ3) is 4.43. The van der Waals surface area contributed by atoms with Crippen molar-refractivity contribution in [3.63, 3.8) is 0 Å². The van der Waals surface area contributed by atoms with Gasteiger partial charge in [0.25, 0.3) is 0 Å². The number of phenolic OH excluding ortho intramolecular Hbond substituents is 6. The Morgan fingerprint density at radius 1 is 0.914 bits per heavy atom. The summed E-state index contributed by atoms with van der Waals surface area (Å²) in [5, 5.41) is 71.4. The molecule has 35 heavy (non-hydrogen) atoms. The summed E-state index contributed by atoms with van der Waals surface area (Å²) in [5.74, 6) is -3.93. The minimum Gasteiger partial charge on any atom is -0.507 e. The molecule has 7 N–H and O–H groups in total. The Morgan fingerprint density at radius 3 is 2.20 bits per heavy atom. The van der Waals surface area contributed by atoms with Gasteiger partial charge in [0.1, 0.15) is 23.4 Å². The summed E-state index contributed by atoms with van der Waals surface area (Å²) in [6, 6.07) is 8.88. The fourth-order valence-corrected chi connectivity index (χ4v) is 4.28. The highest BCUT2D eigenvalue weighted by Crippen LogP contribution is 2.51. The van der Waals surface area contributed by atoms with E-state index in [9.17, 15) is 40.5 Å². The number of hydrogen-bond donors (Lipinski definition) is 7. The van der Waals surface area contributed by atoms with Crippen molar-refractivity contribution in [2.45, 2.75) is 31.0 Å². The Balaban J connectivity index is 1.88. The van der Waals surface area contributed by atoms with Gasteiger partial charge in [0.05, 0.1) is 19.6 Å². The summed E-state index contributed by atoms with van der Waals surface area (Å²) in [4.78, 5) is 12.3. The molecule has 0 bridgehead atoms. The summed E-state index contributed by atoms with van der Waals surface area (Å²) < 4.78 is 10.9. The van der Waals surface area contributed by atoms with E-state index in [2.05, 4.69) is 0 Å². The van der Waals surface area contributed by atoms with Crippen molar-refractivity contribution < 1.29 is 50.0 Å². The molecule has 184 valence electrons. The highest BCUT2D eigenvalue weighted by atomic mass is 16.5. The first kappa shape index (κ1) is 23.8. The van der Waals surface area contributed by atoms with Gasteiger partial charge in [0, 0.05) is 29.5 Å². The molecule has 0 fully saturated rings. The van der Waals surface area contributed by atoms with Crippen LogP contribution >= 0.6 is 0 Å². The molecule has 1 heterocycles. The SMILES string of the molecule is COC(=O)C[C@@H](c1ccc(O)c(O)c1)c1c(O)cc(O)c2c1O[C@H](c1ccc(O)c(O)c1)[C@H](O)C2. The smallest absolute Gasteiger partial charge is 0.306 e. The van der Waals surface area contributed by atoms with Crippen LogP contribution in [0.5, 0.6) is 40.2 Å². The summed E-state index contributed by atoms with van der Waals surface area (Å²) in [5.41, 5.74) is 0.928. The first-order chi connectivity index (χ1) is 16.6. The summed E-state index contributed by atoms with van der Waals surface area (Å²) in [7, 11) is 1.19. The maximum Gasteiger partial charge on any atom is 0.306 e. The van der Waals surface area contributed by atoms with Crippen molar-refractivity contribution in [2.24, 2.45) is 0 Å². The Hall–Kier alpha value is -4.31. The molecule has 3 atom stereocenters. The van der Waals surface area contributed by atoms with Crippen molar-refractivity contribution in [1.82, 2.24) is 0 Å². The molecular formula is C25H24O10. The molecule has 1 aliphatic rings.